The van der Waals surface area contributed by atoms with Crippen molar-refractivity contribution in [2.45, 2.75) is 6.92 Å². The van der Waals surface area contributed by atoms with Crippen molar-refractivity contribution in [3.05, 3.63) is 53.6 Å². The summed E-state index contributed by atoms with van der Waals surface area (Å²) in [5.74, 6) is -0.161. The van der Waals surface area contributed by atoms with Crippen molar-refractivity contribution in [1.29, 1.82) is 0 Å². The molecule has 4 heteroatoms. The van der Waals surface area contributed by atoms with Crippen molar-refractivity contribution in [2.24, 2.45) is 0 Å². The number of rotatable bonds is 3. The van der Waals surface area contributed by atoms with Crippen molar-refractivity contribution in [3.63, 3.8) is 0 Å². The second-order valence-corrected chi connectivity index (χ2v) is 4.94. The van der Waals surface area contributed by atoms with Crippen LogP contribution in [-0.4, -0.2) is 20.0 Å². The molecule has 0 aromatic heterocycles. The molecule has 3 N–H and O–H groups in total. The van der Waals surface area contributed by atoms with Gasteiger partial charge in [-0.2, -0.15) is 0 Å². The lowest BCUT2D eigenvalue weighted by molar-refractivity contribution is 0.102. The molecule has 104 valence electrons. The average molecular weight is 269 g/mol. The molecule has 0 radical (unpaired) electrons. The van der Waals surface area contributed by atoms with Crippen LogP contribution >= 0.6 is 0 Å². The van der Waals surface area contributed by atoms with E-state index >= 15 is 0 Å². The Balaban J connectivity index is 2.26. The van der Waals surface area contributed by atoms with Crippen LogP contribution in [0, 0.1) is 6.92 Å². The smallest absolute Gasteiger partial charge is 0.255 e. The molecule has 0 aliphatic rings. The van der Waals surface area contributed by atoms with Gasteiger partial charge in [-0.15, -0.1) is 0 Å². The number of nitrogens with one attached hydrogen (secondary N) is 1. The SMILES string of the molecule is Cc1ccc(C(=O)Nc2ccccc2N(C)C)cc1N. The molecular formula is C16H19N3O. The number of carbonyl (C=O) groups is 1. The summed E-state index contributed by atoms with van der Waals surface area (Å²) in [5.41, 5.74) is 9.73. The molecule has 20 heavy (non-hydrogen) atoms. The molecule has 0 saturated carbocycles. The minimum Gasteiger partial charge on any atom is -0.398 e. The van der Waals surface area contributed by atoms with E-state index in [0.29, 0.717) is 11.3 Å². The van der Waals surface area contributed by atoms with Crippen LogP contribution in [0.2, 0.25) is 0 Å². The third-order valence-electron chi connectivity index (χ3n) is 3.18. The van der Waals surface area contributed by atoms with Crippen LogP contribution in [0.1, 0.15) is 15.9 Å². The van der Waals surface area contributed by atoms with Crippen molar-refractivity contribution < 1.29 is 4.79 Å². The average Bonchev–Trinajstić information content (AvgIpc) is 2.42. The van der Waals surface area contributed by atoms with E-state index in [1.54, 1.807) is 12.1 Å². The zero-order valence-corrected chi connectivity index (χ0v) is 12.0. The third-order valence-corrected chi connectivity index (χ3v) is 3.18. The molecule has 0 heterocycles. The topological polar surface area (TPSA) is 58.4 Å². The summed E-state index contributed by atoms with van der Waals surface area (Å²) in [6, 6.07) is 13.0. The maximum absolute atomic E-state index is 12.3. The van der Waals surface area contributed by atoms with E-state index < -0.39 is 0 Å². The highest BCUT2D eigenvalue weighted by Crippen LogP contribution is 2.24. The largest absolute Gasteiger partial charge is 0.398 e. The lowest BCUT2D eigenvalue weighted by Crippen LogP contribution is -2.16. The Morgan fingerprint density at radius 2 is 1.85 bits per heavy atom. The number of nitrogen functional groups attached to an aromatic ring is 1. The molecule has 2 aromatic rings. The normalized spacial score (nSPS) is 10.2. The number of carbonyl (C=O) groups excluding carboxylic acids is 1. The molecule has 0 saturated heterocycles. The maximum Gasteiger partial charge on any atom is 0.255 e. The van der Waals surface area contributed by atoms with Crippen molar-refractivity contribution in [2.75, 3.05) is 30.0 Å². The molecule has 1 amide bonds. The van der Waals surface area contributed by atoms with E-state index in [1.807, 2.05) is 56.3 Å². The minimum absolute atomic E-state index is 0.161. The monoisotopic (exact) mass is 269 g/mol. The van der Waals surface area contributed by atoms with Gasteiger partial charge in [-0.25, -0.2) is 0 Å². The maximum atomic E-state index is 12.3. The molecule has 0 unspecified atom stereocenters. The first kappa shape index (κ1) is 13.9. The number of hydrogen-bond acceptors (Lipinski definition) is 3. The second kappa shape index (κ2) is 5.65. The Morgan fingerprint density at radius 1 is 1.15 bits per heavy atom. The van der Waals surface area contributed by atoms with Gasteiger partial charge in [0.25, 0.3) is 5.91 Å². The van der Waals surface area contributed by atoms with Crippen LogP contribution in [-0.2, 0) is 0 Å². The molecule has 0 bridgehead atoms. The Morgan fingerprint density at radius 3 is 2.50 bits per heavy atom. The lowest BCUT2D eigenvalue weighted by atomic mass is 10.1. The van der Waals surface area contributed by atoms with E-state index in [1.165, 1.54) is 0 Å². The first-order valence-corrected chi connectivity index (χ1v) is 6.43. The summed E-state index contributed by atoms with van der Waals surface area (Å²) in [5, 5.41) is 2.92. The molecule has 0 aliphatic carbocycles. The van der Waals surface area contributed by atoms with Gasteiger partial charge < -0.3 is 16.0 Å². The molecule has 2 aromatic carbocycles. The van der Waals surface area contributed by atoms with E-state index in [2.05, 4.69) is 5.32 Å². The quantitative estimate of drug-likeness (QED) is 0.842. The van der Waals surface area contributed by atoms with Gasteiger partial charge in [-0.05, 0) is 36.8 Å². The first-order chi connectivity index (χ1) is 9.49. The number of benzene rings is 2. The Labute approximate surface area is 119 Å². The highest BCUT2D eigenvalue weighted by atomic mass is 16.1. The van der Waals surface area contributed by atoms with Crippen LogP contribution in [0.3, 0.4) is 0 Å². The Bertz CT molecular complexity index is 635. The molecule has 2 rings (SSSR count). The van der Waals surface area contributed by atoms with Gasteiger partial charge in [0.1, 0.15) is 0 Å². The minimum atomic E-state index is -0.161. The van der Waals surface area contributed by atoms with Gasteiger partial charge in [-0.3, -0.25) is 4.79 Å². The number of amides is 1. The Hall–Kier alpha value is -2.49. The van der Waals surface area contributed by atoms with Crippen LogP contribution in [0.15, 0.2) is 42.5 Å². The highest BCUT2D eigenvalue weighted by molar-refractivity contribution is 6.06. The molecule has 0 aliphatic heterocycles. The van der Waals surface area contributed by atoms with Crippen LogP contribution < -0.4 is 16.0 Å². The molecular weight excluding hydrogens is 250 g/mol. The van der Waals surface area contributed by atoms with Crippen LogP contribution in [0.25, 0.3) is 0 Å². The second-order valence-electron chi connectivity index (χ2n) is 4.94. The number of nitrogens with two attached hydrogens (primary N) is 1. The van der Waals surface area contributed by atoms with E-state index in [9.17, 15) is 4.79 Å². The first-order valence-electron chi connectivity index (χ1n) is 6.43. The Kier molecular flexibility index (Phi) is 3.94. The standard InChI is InChI=1S/C16H19N3O/c1-11-8-9-12(10-13(11)17)16(20)18-14-6-4-5-7-15(14)19(2)3/h4-10H,17H2,1-3H3,(H,18,20). The van der Waals surface area contributed by atoms with Crippen LogP contribution in [0.4, 0.5) is 17.1 Å². The molecule has 0 fully saturated rings. The predicted molar refractivity (Wildman–Crippen MR) is 84.3 cm³/mol. The third kappa shape index (κ3) is 2.91. The fourth-order valence-corrected chi connectivity index (χ4v) is 1.95. The van der Waals surface area contributed by atoms with Crippen molar-refractivity contribution in [3.8, 4) is 0 Å². The molecule has 0 atom stereocenters. The highest BCUT2D eigenvalue weighted by Gasteiger charge is 2.10. The fourth-order valence-electron chi connectivity index (χ4n) is 1.95. The van der Waals surface area contributed by atoms with Crippen molar-refractivity contribution in [1.82, 2.24) is 0 Å². The number of para-hydroxylation sites is 2. The number of hydrogen-bond donors (Lipinski definition) is 2. The molecule has 0 spiro atoms. The van der Waals surface area contributed by atoms with E-state index in [-0.39, 0.29) is 5.91 Å². The van der Waals surface area contributed by atoms with Gasteiger partial charge in [-0.1, -0.05) is 18.2 Å². The zero-order chi connectivity index (χ0) is 14.7. The summed E-state index contributed by atoms with van der Waals surface area (Å²) in [7, 11) is 3.88. The zero-order valence-electron chi connectivity index (χ0n) is 12.0. The van der Waals surface area contributed by atoms with E-state index in [4.69, 9.17) is 5.73 Å². The molecule has 4 nitrogen and oxygen atoms in total. The number of anilines is 3. The van der Waals surface area contributed by atoms with Crippen molar-refractivity contribution >= 4 is 23.0 Å². The number of aryl methyl sites for hydroxylation is 1. The fraction of sp³-hybridized carbons (Fsp3) is 0.188. The summed E-state index contributed by atoms with van der Waals surface area (Å²) in [6.45, 7) is 1.92. The summed E-state index contributed by atoms with van der Waals surface area (Å²) >= 11 is 0. The van der Waals surface area contributed by atoms with E-state index in [0.717, 1.165) is 16.9 Å². The van der Waals surface area contributed by atoms with Gasteiger partial charge in [0.05, 0.1) is 11.4 Å². The van der Waals surface area contributed by atoms with Gasteiger partial charge in [0.15, 0.2) is 0 Å². The van der Waals surface area contributed by atoms with Gasteiger partial charge >= 0.3 is 0 Å². The summed E-state index contributed by atoms with van der Waals surface area (Å²) < 4.78 is 0. The number of nitrogens with zero attached hydrogens (tertiary/aromatic N) is 1. The van der Waals surface area contributed by atoms with Gasteiger partial charge in [0, 0.05) is 25.3 Å². The summed E-state index contributed by atoms with van der Waals surface area (Å²) in [6.07, 6.45) is 0. The predicted octanol–water partition coefficient (Wildman–Crippen LogP) is 2.90. The van der Waals surface area contributed by atoms with Crippen LogP contribution in [0.5, 0.6) is 0 Å². The lowest BCUT2D eigenvalue weighted by Gasteiger charge is -2.17. The van der Waals surface area contributed by atoms with Gasteiger partial charge in [0.2, 0.25) is 0 Å². The summed E-state index contributed by atoms with van der Waals surface area (Å²) in [4.78, 5) is 14.2.